The largest absolute Gasteiger partial charge is 0.284 e. The Morgan fingerprint density at radius 1 is 1.00 bits per heavy atom. The summed E-state index contributed by atoms with van der Waals surface area (Å²) in [5.41, 5.74) is 0.672. The van der Waals surface area contributed by atoms with Gasteiger partial charge < -0.3 is 0 Å². The van der Waals surface area contributed by atoms with Crippen LogP contribution in [-0.2, 0) is 20.0 Å². The Bertz CT molecular complexity index is 796. The first-order valence-electron chi connectivity index (χ1n) is 5.95. The Kier molecular flexibility index (Phi) is 4.19. The molecule has 114 valence electrons. The highest BCUT2D eigenvalue weighted by molar-refractivity contribution is 7.92. The van der Waals surface area contributed by atoms with Gasteiger partial charge in [0.15, 0.2) is 5.03 Å². The van der Waals surface area contributed by atoms with E-state index in [2.05, 4.69) is 19.6 Å². The van der Waals surface area contributed by atoms with Crippen LogP contribution in [-0.4, -0.2) is 32.8 Å². The average molecular weight is 330 g/mol. The van der Waals surface area contributed by atoms with Crippen LogP contribution in [0.15, 0.2) is 41.6 Å². The summed E-state index contributed by atoms with van der Waals surface area (Å²) in [5.74, 6) is -0.0405. The Morgan fingerprint density at radius 3 is 2.05 bits per heavy atom. The number of aromatic nitrogens is 2. The molecule has 0 fully saturated rings. The van der Waals surface area contributed by atoms with Crippen LogP contribution in [0, 0.1) is 0 Å². The minimum Gasteiger partial charge on any atom is -0.284 e. The Morgan fingerprint density at radius 2 is 1.57 bits per heavy atom. The van der Waals surface area contributed by atoms with Gasteiger partial charge in [0.05, 0.1) is 11.9 Å². The quantitative estimate of drug-likeness (QED) is 0.729. The van der Waals surface area contributed by atoms with Crippen LogP contribution >= 0.6 is 0 Å². The Labute approximate surface area is 122 Å². The van der Waals surface area contributed by atoms with Crippen molar-refractivity contribution in [3.05, 3.63) is 36.5 Å². The fraction of sp³-hybridized carbons (Fsp3) is 0.182. The molecule has 0 bridgehead atoms. The number of hydrogen-bond donors (Lipinski definition) is 3. The topological polar surface area (TPSA) is 121 Å². The summed E-state index contributed by atoms with van der Waals surface area (Å²) >= 11 is 0. The molecule has 0 atom stereocenters. The Hall–Kier alpha value is -2.07. The van der Waals surface area contributed by atoms with E-state index in [0.29, 0.717) is 11.4 Å². The van der Waals surface area contributed by atoms with Gasteiger partial charge in [0.1, 0.15) is 0 Å². The number of anilines is 2. The molecule has 0 spiro atoms. The maximum Gasteiger partial charge on any atom is 0.278 e. The maximum absolute atomic E-state index is 11.9. The first-order chi connectivity index (χ1) is 9.82. The first kappa shape index (κ1) is 15.3. The lowest BCUT2D eigenvalue weighted by Gasteiger charge is -2.08. The van der Waals surface area contributed by atoms with Gasteiger partial charge in [-0.2, -0.15) is 13.5 Å². The van der Waals surface area contributed by atoms with Crippen LogP contribution < -0.4 is 9.44 Å². The SMILES string of the molecule is CCS(=O)(=O)Nc1ccc(NS(=O)(=O)c2ccn[nH]2)cc1. The highest BCUT2D eigenvalue weighted by Gasteiger charge is 2.15. The molecular formula is C11H14N4O4S2. The van der Waals surface area contributed by atoms with Crippen LogP contribution in [0.5, 0.6) is 0 Å². The van der Waals surface area contributed by atoms with Crippen molar-refractivity contribution in [1.82, 2.24) is 10.2 Å². The van der Waals surface area contributed by atoms with Gasteiger partial charge in [-0.1, -0.05) is 0 Å². The maximum atomic E-state index is 11.9. The molecule has 3 N–H and O–H groups in total. The number of H-pyrrole nitrogens is 1. The lowest BCUT2D eigenvalue weighted by molar-refractivity contribution is 0.596. The van der Waals surface area contributed by atoms with Gasteiger partial charge in [0, 0.05) is 11.4 Å². The molecule has 0 aliphatic carbocycles. The number of nitrogens with one attached hydrogen (secondary N) is 3. The number of nitrogens with zero attached hydrogens (tertiary/aromatic N) is 1. The normalized spacial score (nSPS) is 12.0. The fourth-order valence-electron chi connectivity index (χ4n) is 1.46. The van der Waals surface area contributed by atoms with Crippen LogP contribution in [0.4, 0.5) is 11.4 Å². The minimum absolute atomic E-state index is 0.0405. The van der Waals surface area contributed by atoms with Crippen LogP contribution in [0.1, 0.15) is 6.92 Å². The summed E-state index contributed by atoms with van der Waals surface area (Å²) in [7, 11) is -7.09. The third kappa shape index (κ3) is 3.95. The summed E-state index contributed by atoms with van der Waals surface area (Å²) in [6, 6.07) is 7.19. The molecule has 1 aromatic heterocycles. The zero-order chi connectivity index (χ0) is 15.5. The molecule has 0 saturated carbocycles. The van der Waals surface area contributed by atoms with Crippen molar-refractivity contribution in [2.24, 2.45) is 0 Å². The molecule has 0 saturated heterocycles. The van der Waals surface area contributed by atoms with Gasteiger partial charge in [-0.05, 0) is 37.3 Å². The van der Waals surface area contributed by atoms with E-state index >= 15 is 0 Å². The third-order valence-corrected chi connectivity index (χ3v) is 5.17. The smallest absolute Gasteiger partial charge is 0.278 e. The second-order valence-corrected chi connectivity index (χ2v) is 7.77. The van der Waals surface area contributed by atoms with Crippen molar-refractivity contribution < 1.29 is 16.8 Å². The average Bonchev–Trinajstić information content (AvgIpc) is 2.95. The standard InChI is InChI=1S/C11H14N4O4S2/c1-2-20(16,17)14-9-3-5-10(6-4-9)15-21(18,19)11-7-8-12-13-11/h3-8,14-15H,2H2,1H3,(H,12,13). The van der Waals surface area contributed by atoms with E-state index in [9.17, 15) is 16.8 Å². The van der Waals surface area contributed by atoms with E-state index in [-0.39, 0.29) is 10.8 Å². The fourth-order valence-corrected chi connectivity index (χ4v) is 3.07. The van der Waals surface area contributed by atoms with Crippen LogP contribution in [0.2, 0.25) is 0 Å². The van der Waals surface area contributed by atoms with Crippen LogP contribution in [0.25, 0.3) is 0 Å². The third-order valence-electron chi connectivity index (χ3n) is 2.56. The highest BCUT2D eigenvalue weighted by Crippen LogP contribution is 2.18. The number of sulfonamides is 2. The van der Waals surface area contributed by atoms with Crippen molar-refractivity contribution >= 4 is 31.4 Å². The van der Waals surface area contributed by atoms with E-state index in [1.165, 1.54) is 43.5 Å². The molecule has 0 amide bonds. The zero-order valence-corrected chi connectivity index (χ0v) is 12.7. The summed E-state index contributed by atoms with van der Waals surface area (Å²) in [6.07, 6.45) is 1.33. The Balaban J connectivity index is 2.14. The van der Waals surface area contributed by atoms with Crippen molar-refractivity contribution in [1.29, 1.82) is 0 Å². The molecule has 10 heteroatoms. The molecule has 8 nitrogen and oxygen atoms in total. The van der Waals surface area contributed by atoms with Gasteiger partial charge in [-0.25, -0.2) is 8.42 Å². The van der Waals surface area contributed by atoms with Crippen molar-refractivity contribution in [3.8, 4) is 0 Å². The zero-order valence-electron chi connectivity index (χ0n) is 11.1. The van der Waals surface area contributed by atoms with Gasteiger partial charge in [0.25, 0.3) is 10.0 Å². The molecule has 1 aromatic carbocycles. The second kappa shape index (κ2) is 5.74. The molecule has 0 unspecified atom stereocenters. The summed E-state index contributed by atoms with van der Waals surface area (Å²) < 4.78 is 51.4. The van der Waals surface area contributed by atoms with Crippen molar-refractivity contribution in [2.45, 2.75) is 11.9 Å². The molecule has 0 aliphatic heterocycles. The molecule has 2 aromatic rings. The van der Waals surface area contributed by atoms with E-state index < -0.39 is 20.0 Å². The predicted molar refractivity (Wildman–Crippen MR) is 78.9 cm³/mol. The molecule has 1 heterocycles. The lowest BCUT2D eigenvalue weighted by Crippen LogP contribution is -2.15. The highest BCUT2D eigenvalue weighted by atomic mass is 32.2. The van der Waals surface area contributed by atoms with E-state index in [0.717, 1.165) is 0 Å². The van der Waals surface area contributed by atoms with Crippen molar-refractivity contribution in [2.75, 3.05) is 15.2 Å². The summed E-state index contributed by atoms with van der Waals surface area (Å²) in [5, 5.41) is 5.87. The molecule has 21 heavy (non-hydrogen) atoms. The molecule has 0 radical (unpaired) electrons. The van der Waals surface area contributed by atoms with Gasteiger partial charge in [-0.15, -0.1) is 0 Å². The van der Waals surface area contributed by atoms with E-state index in [4.69, 9.17) is 0 Å². The predicted octanol–water partition coefficient (Wildman–Crippen LogP) is 0.972. The summed E-state index contributed by atoms with van der Waals surface area (Å²) in [4.78, 5) is 0. The van der Waals surface area contributed by atoms with E-state index in [1.54, 1.807) is 0 Å². The monoisotopic (exact) mass is 330 g/mol. The van der Waals surface area contributed by atoms with Gasteiger partial charge >= 0.3 is 0 Å². The molecular weight excluding hydrogens is 316 g/mol. The minimum atomic E-state index is -3.73. The molecule has 2 rings (SSSR count). The number of aromatic amines is 1. The van der Waals surface area contributed by atoms with Crippen LogP contribution in [0.3, 0.4) is 0 Å². The second-order valence-electron chi connectivity index (χ2n) is 4.11. The van der Waals surface area contributed by atoms with E-state index in [1.807, 2.05) is 0 Å². The number of rotatable bonds is 6. The number of benzene rings is 1. The number of hydrogen-bond acceptors (Lipinski definition) is 5. The summed E-state index contributed by atoms with van der Waals surface area (Å²) in [6.45, 7) is 1.52. The van der Waals surface area contributed by atoms with Gasteiger partial charge in [-0.3, -0.25) is 14.5 Å². The molecule has 0 aliphatic rings. The van der Waals surface area contributed by atoms with Crippen molar-refractivity contribution in [3.63, 3.8) is 0 Å². The first-order valence-corrected chi connectivity index (χ1v) is 9.09. The van der Waals surface area contributed by atoms with Gasteiger partial charge in [0.2, 0.25) is 10.0 Å². The lowest BCUT2D eigenvalue weighted by atomic mass is 10.3.